The Labute approximate surface area is 192 Å². The highest BCUT2D eigenvalue weighted by Crippen LogP contribution is 2.31. The molecule has 31 heavy (non-hydrogen) atoms. The summed E-state index contributed by atoms with van der Waals surface area (Å²) in [4.78, 5) is 17.4. The summed E-state index contributed by atoms with van der Waals surface area (Å²) in [6.07, 6.45) is 0. The van der Waals surface area contributed by atoms with E-state index >= 15 is 0 Å². The van der Waals surface area contributed by atoms with E-state index in [1.54, 1.807) is 25.1 Å². The first-order chi connectivity index (χ1) is 15.0. The predicted octanol–water partition coefficient (Wildman–Crippen LogP) is 5.44. The van der Waals surface area contributed by atoms with Gasteiger partial charge in [0.2, 0.25) is 0 Å². The van der Waals surface area contributed by atoms with Gasteiger partial charge in [0.1, 0.15) is 22.8 Å². The predicted molar refractivity (Wildman–Crippen MR) is 126 cm³/mol. The molecule has 4 rings (SSSR count). The van der Waals surface area contributed by atoms with E-state index < -0.39 is 5.91 Å². The number of aromatic nitrogens is 2. The first kappa shape index (κ1) is 21.2. The molecule has 0 saturated carbocycles. The van der Waals surface area contributed by atoms with Gasteiger partial charge in [-0.15, -0.1) is 0 Å². The Morgan fingerprint density at radius 3 is 2.87 bits per heavy atom. The van der Waals surface area contributed by atoms with Crippen LogP contribution < -0.4 is 15.4 Å². The number of benzene rings is 2. The third-order valence-electron chi connectivity index (χ3n) is 4.34. The number of ether oxygens (including phenoxy) is 1. The van der Waals surface area contributed by atoms with Crippen LogP contribution >= 0.6 is 35.2 Å². The van der Waals surface area contributed by atoms with Crippen LogP contribution in [0.2, 0.25) is 5.02 Å². The molecular formula is C21H17ClN4O3S2. The largest absolute Gasteiger partial charge is 0.494 e. The summed E-state index contributed by atoms with van der Waals surface area (Å²) in [5.41, 5.74) is 2.03. The highest BCUT2D eigenvalue weighted by atomic mass is 35.5. The highest BCUT2D eigenvalue weighted by molar-refractivity contribution is 7.80. The van der Waals surface area contributed by atoms with Crippen molar-refractivity contribution in [2.45, 2.75) is 13.8 Å². The van der Waals surface area contributed by atoms with Crippen molar-refractivity contribution in [1.82, 2.24) is 15.5 Å². The number of anilines is 1. The summed E-state index contributed by atoms with van der Waals surface area (Å²) in [5, 5.41) is 10.8. The van der Waals surface area contributed by atoms with E-state index in [1.165, 1.54) is 11.3 Å². The fourth-order valence-corrected chi connectivity index (χ4v) is 4.36. The summed E-state index contributed by atoms with van der Waals surface area (Å²) in [7, 11) is 0. The van der Waals surface area contributed by atoms with Gasteiger partial charge < -0.3 is 14.6 Å². The molecule has 2 aromatic heterocycles. The van der Waals surface area contributed by atoms with E-state index in [9.17, 15) is 4.79 Å². The fraction of sp³-hybridized carbons (Fsp3) is 0.143. The van der Waals surface area contributed by atoms with E-state index in [0.29, 0.717) is 33.8 Å². The fourth-order valence-electron chi connectivity index (χ4n) is 2.99. The van der Waals surface area contributed by atoms with Crippen molar-refractivity contribution < 1.29 is 14.1 Å². The molecule has 4 aromatic rings. The van der Waals surface area contributed by atoms with E-state index in [4.69, 9.17) is 33.1 Å². The Kier molecular flexibility index (Phi) is 6.17. The Morgan fingerprint density at radius 2 is 2.10 bits per heavy atom. The van der Waals surface area contributed by atoms with Crippen LogP contribution in [0.5, 0.6) is 5.75 Å². The quantitative estimate of drug-likeness (QED) is 0.374. The molecule has 0 bridgehead atoms. The lowest BCUT2D eigenvalue weighted by molar-refractivity contribution is 0.0977. The molecule has 0 atom stereocenters. The average Bonchev–Trinajstić information content (AvgIpc) is 3.30. The van der Waals surface area contributed by atoms with Crippen molar-refractivity contribution >= 4 is 61.5 Å². The molecule has 10 heteroatoms. The van der Waals surface area contributed by atoms with E-state index in [2.05, 4.69) is 20.8 Å². The molecule has 7 nitrogen and oxygen atoms in total. The number of thiocarbonyl (C=S) groups is 1. The molecule has 0 saturated heterocycles. The molecular weight excluding hydrogens is 456 g/mol. The summed E-state index contributed by atoms with van der Waals surface area (Å²) >= 11 is 13.0. The van der Waals surface area contributed by atoms with E-state index in [1.807, 2.05) is 31.2 Å². The number of rotatable bonds is 5. The Hall–Kier alpha value is -3.01. The summed E-state index contributed by atoms with van der Waals surface area (Å²) in [6, 6.07) is 12.7. The maximum Gasteiger partial charge on any atom is 0.263 e. The van der Waals surface area contributed by atoms with Crippen LogP contribution in [-0.2, 0) is 0 Å². The molecule has 0 aliphatic heterocycles. The minimum absolute atomic E-state index is 0.111. The van der Waals surface area contributed by atoms with E-state index in [-0.39, 0.29) is 10.7 Å². The second-order valence-corrected chi connectivity index (χ2v) is 8.28. The van der Waals surface area contributed by atoms with Crippen LogP contribution in [0, 0.1) is 6.92 Å². The number of aryl methyl sites for hydroxylation is 1. The van der Waals surface area contributed by atoms with Gasteiger partial charge in [-0.05, 0) is 50.3 Å². The number of nitrogens with zero attached hydrogens (tertiary/aromatic N) is 2. The molecule has 158 valence electrons. The number of carbonyl (C=O) groups is 1. The van der Waals surface area contributed by atoms with Gasteiger partial charge in [-0.1, -0.05) is 46.3 Å². The topological polar surface area (TPSA) is 89.3 Å². The van der Waals surface area contributed by atoms with Crippen LogP contribution in [0.4, 0.5) is 5.13 Å². The number of fused-ring (bicyclic) bond motifs is 1. The highest BCUT2D eigenvalue weighted by Gasteiger charge is 2.23. The first-order valence-electron chi connectivity index (χ1n) is 9.33. The molecule has 1 amide bonds. The number of hydrogen-bond acceptors (Lipinski definition) is 7. The van der Waals surface area contributed by atoms with Gasteiger partial charge in [-0.3, -0.25) is 10.1 Å². The van der Waals surface area contributed by atoms with Gasteiger partial charge in [-0.25, -0.2) is 4.98 Å². The summed E-state index contributed by atoms with van der Waals surface area (Å²) in [5.74, 6) is 0.681. The lowest BCUT2D eigenvalue weighted by Gasteiger charge is -2.08. The van der Waals surface area contributed by atoms with Crippen LogP contribution in [-0.4, -0.2) is 27.8 Å². The van der Waals surface area contributed by atoms with E-state index in [0.717, 1.165) is 16.0 Å². The van der Waals surface area contributed by atoms with Crippen molar-refractivity contribution in [2.75, 3.05) is 11.9 Å². The van der Waals surface area contributed by atoms with Gasteiger partial charge in [0.15, 0.2) is 10.2 Å². The third-order valence-corrected chi connectivity index (χ3v) is 5.80. The maximum atomic E-state index is 12.9. The normalized spacial score (nSPS) is 10.8. The molecule has 0 unspecified atom stereocenters. The van der Waals surface area contributed by atoms with Gasteiger partial charge in [0.25, 0.3) is 5.91 Å². The number of thiazole rings is 1. The van der Waals surface area contributed by atoms with Crippen LogP contribution in [0.1, 0.15) is 23.0 Å². The zero-order chi connectivity index (χ0) is 22.0. The van der Waals surface area contributed by atoms with Crippen molar-refractivity contribution in [2.24, 2.45) is 0 Å². The lowest BCUT2D eigenvalue weighted by atomic mass is 10.1. The van der Waals surface area contributed by atoms with Gasteiger partial charge in [0, 0.05) is 5.56 Å². The van der Waals surface area contributed by atoms with Crippen molar-refractivity contribution in [3.63, 3.8) is 0 Å². The average molecular weight is 473 g/mol. The standard InChI is InChI=1S/C21H17ClN4O3S2/c1-3-28-12-8-9-15-16(10-12)31-21(23-15)25-20(30)24-19(27)17-11(2)29-26-18(17)13-6-4-5-7-14(13)22/h4-10H,3H2,1-2H3,(H2,23,24,25,27,30). The van der Waals surface area contributed by atoms with Gasteiger partial charge >= 0.3 is 0 Å². The maximum absolute atomic E-state index is 12.9. The Balaban J connectivity index is 1.51. The molecule has 0 fully saturated rings. The summed E-state index contributed by atoms with van der Waals surface area (Å²) < 4.78 is 11.7. The Bertz CT molecular complexity index is 1280. The smallest absolute Gasteiger partial charge is 0.263 e. The second-order valence-electron chi connectivity index (χ2n) is 6.43. The molecule has 0 aliphatic rings. The van der Waals surface area contributed by atoms with Crippen LogP contribution in [0.15, 0.2) is 47.0 Å². The first-order valence-corrected chi connectivity index (χ1v) is 10.9. The minimum atomic E-state index is -0.453. The monoisotopic (exact) mass is 472 g/mol. The second kappa shape index (κ2) is 9.01. The van der Waals surface area contributed by atoms with Crippen LogP contribution in [0.25, 0.3) is 21.5 Å². The van der Waals surface area contributed by atoms with Crippen molar-refractivity contribution in [1.29, 1.82) is 0 Å². The van der Waals surface area contributed by atoms with Crippen LogP contribution in [0.3, 0.4) is 0 Å². The zero-order valence-corrected chi connectivity index (χ0v) is 19.0. The number of halogens is 1. The number of hydrogen-bond donors (Lipinski definition) is 2. The minimum Gasteiger partial charge on any atom is -0.494 e. The van der Waals surface area contributed by atoms with Crippen molar-refractivity contribution in [3.8, 4) is 17.0 Å². The number of nitrogens with one attached hydrogen (secondary N) is 2. The molecule has 0 aliphatic carbocycles. The molecule has 2 N–H and O–H groups in total. The lowest BCUT2D eigenvalue weighted by Crippen LogP contribution is -2.34. The SMILES string of the molecule is CCOc1ccc2nc(NC(=S)NC(=O)c3c(-c4ccccc4Cl)noc3C)sc2c1. The number of carbonyl (C=O) groups excluding carboxylic acids is 1. The van der Waals surface area contributed by atoms with Crippen molar-refractivity contribution in [3.05, 3.63) is 58.8 Å². The molecule has 0 radical (unpaired) electrons. The Morgan fingerprint density at radius 1 is 1.29 bits per heavy atom. The number of amides is 1. The molecule has 0 spiro atoms. The zero-order valence-electron chi connectivity index (χ0n) is 16.6. The van der Waals surface area contributed by atoms with Gasteiger partial charge in [0.05, 0.1) is 21.8 Å². The van der Waals surface area contributed by atoms with Gasteiger partial charge in [-0.2, -0.15) is 0 Å². The molecule has 2 aromatic carbocycles. The summed E-state index contributed by atoms with van der Waals surface area (Å²) in [6.45, 7) is 4.17. The third kappa shape index (κ3) is 4.53. The molecule has 2 heterocycles.